The highest BCUT2D eigenvalue weighted by molar-refractivity contribution is 7.80. The minimum Gasteiger partial charge on any atom is -0.451 e. The molecule has 0 saturated carbocycles. The highest BCUT2D eigenvalue weighted by atomic mass is 35.5. The van der Waals surface area contributed by atoms with Gasteiger partial charge in [0.15, 0.2) is 10.9 Å². The molecule has 0 radical (unpaired) electrons. The Morgan fingerprint density at radius 2 is 1.79 bits per heavy atom. The van der Waals surface area contributed by atoms with Gasteiger partial charge in [0, 0.05) is 29.4 Å². The first kappa shape index (κ1) is 23.9. The standard InChI is InChI=1S/C24H22Cl3N3O2S/c1-14-8-10-30(11-9-14)20-5-3-16(13-19(20)27)28-24(33)29-23(31)22-7-6-21(32-22)17-12-15(25)2-4-18(17)26/h2-7,12-14H,8-11H2,1H3,(H2,28,29,31,33). The molecule has 9 heteroatoms. The molecule has 1 amide bonds. The first-order valence-electron chi connectivity index (χ1n) is 10.5. The van der Waals surface area contributed by atoms with Gasteiger partial charge in [-0.2, -0.15) is 0 Å². The minimum absolute atomic E-state index is 0.0953. The number of piperidine rings is 1. The van der Waals surface area contributed by atoms with Crippen molar-refractivity contribution < 1.29 is 9.21 Å². The number of hydrogen-bond acceptors (Lipinski definition) is 4. The first-order chi connectivity index (χ1) is 15.8. The van der Waals surface area contributed by atoms with Gasteiger partial charge in [-0.3, -0.25) is 10.1 Å². The summed E-state index contributed by atoms with van der Waals surface area (Å²) < 4.78 is 5.66. The number of amides is 1. The number of nitrogens with zero attached hydrogens (tertiary/aromatic N) is 1. The quantitative estimate of drug-likeness (QED) is 0.353. The van der Waals surface area contributed by atoms with E-state index in [1.165, 1.54) is 0 Å². The summed E-state index contributed by atoms with van der Waals surface area (Å²) >= 11 is 24.1. The lowest BCUT2D eigenvalue weighted by Crippen LogP contribution is -2.34. The Hall–Kier alpha value is -2.25. The third-order valence-corrected chi connectivity index (χ3v) is 6.65. The fraction of sp³-hybridized carbons (Fsp3) is 0.250. The SMILES string of the molecule is CC1CCN(c2ccc(NC(=S)NC(=O)c3ccc(-c4cc(Cl)ccc4Cl)o3)cc2Cl)CC1. The maximum atomic E-state index is 12.6. The molecule has 33 heavy (non-hydrogen) atoms. The maximum Gasteiger partial charge on any atom is 0.293 e. The summed E-state index contributed by atoms with van der Waals surface area (Å²) in [5.74, 6) is 0.788. The zero-order valence-corrected chi connectivity index (χ0v) is 20.9. The predicted molar refractivity (Wildman–Crippen MR) is 140 cm³/mol. The summed E-state index contributed by atoms with van der Waals surface area (Å²) in [6.07, 6.45) is 2.31. The Morgan fingerprint density at radius 1 is 1.03 bits per heavy atom. The lowest BCUT2D eigenvalue weighted by atomic mass is 9.99. The number of anilines is 2. The molecular formula is C24H22Cl3N3O2S. The number of thiocarbonyl (C=S) groups is 1. The minimum atomic E-state index is -0.484. The smallest absolute Gasteiger partial charge is 0.293 e. The maximum absolute atomic E-state index is 12.6. The first-order valence-corrected chi connectivity index (χ1v) is 12.1. The number of carbonyl (C=O) groups is 1. The van der Waals surface area contributed by atoms with Gasteiger partial charge in [-0.1, -0.05) is 41.7 Å². The van der Waals surface area contributed by atoms with Crippen LogP contribution in [0.1, 0.15) is 30.3 Å². The number of benzene rings is 2. The second kappa shape index (κ2) is 10.3. The molecule has 4 rings (SSSR count). The molecule has 0 bridgehead atoms. The van der Waals surface area contributed by atoms with E-state index < -0.39 is 5.91 Å². The van der Waals surface area contributed by atoms with E-state index >= 15 is 0 Å². The number of rotatable bonds is 4. The Labute approximate surface area is 213 Å². The van der Waals surface area contributed by atoms with E-state index in [1.54, 1.807) is 36.4 Å². The monoisotopic (exact) mass is 521 g/mol. The molecule has 1 aliphatic rings. The second-order valence-corrected chi connectivity index (χ2v) is 9.69. The average molecular weight is 523 g/mol. The van der Waals surface area contributed by atoms with Crippen molar-refractivity contribution in [2.75, 3.05) is 23.3 Å². The van der Waals surface area contributed by atoms with Crippen LogP contribution in [0.3, 0.4) is 0 Å². The van der Waals surface area contributed by atoms with Gasteiger partial charge in [-0.15, -0.1) is 0 Å². The van der Waals surface area contributed by atoms with Gasteiger partial charge in [0.25, 0.3) is 5.91 Å². The van der Waals surface area contributed by atoms with Gasteiger partial charge in [0.05, 0.1) is 15.7 Å². The van der Waals surface area contributed by atoms with Gasteiger partial charge in [-0.05, 0) is 79.5 Å². The van der Waals surface area contributed by atoms with Gasteiger partial charge < -0.3 is 14.6 Å². The van der Waals surface area contributed by atoms with Crippen LogP contribution in [0.2, 0.25) is 15.1 Å². The van der Waals surface area contributed by atoms with Crippen LogP contribution >= 0.6 is 47.0 Å². The molecule has 172 valence electrons. The number of furan rings is 1. The predicted octanol–water partition coefficient (Wildman–Crippen LogP) is 7.27. The third-order valence-electron chi connectivity index (χ3n) is 5.58. The lowest BCUT2D eigenvalue weighted by molar-refractivity contribution is 0.0951. The fourth-order valence-electron chi connectivity index (χ4n) is 3.71. The van der Waals surface area contributed by atoms with E-state index in [4.69, 9.17) is 51.4 Å². The molecule has 1 aliphatic heterocycles. The van der Waals surface area contributed by atoms with Gasteiger partial charge in [-0.25, -0.2) is 0 Å². The number of hydrogen-bond donors (Lipinski definition) is 2. The van der Waals surface area contributed by atoms with E-state index in [-0.39, 0.29) is 10.9 Å². The molecule has 2 N–H and O–H groups in total. The van der Waals surface area contributed by atoms with E-state index in [9.17, 15) is 4.79 Å². The summed E-state index contributed by atoms with van der Waals surface area (Å²) in [6, 6.07) is 13.9. The molecule has 2 heterocycles. The zero-order valence-electron chi connectivity index (χ0n) is 17.8. The normalized spacial score (nSPS) is 14.2. The zero-order chi connectivity index (χ0) is 23.5. The molecule has 0 spiro atoms. The number of nitrogens with one attached hydrogen (secondary N) is 2. The number of halogens is 3. The summed E-state index contributed by atoms with van der Waals surface area (Å²) in [5, 5.41) is 7.36. The highest BCUT2D eigenvalue weighted by Gasteiger charge is 2.19. The van der Waals surface area contributed by atoms with Crippen LogP contribution in [0, 0.1) is 5.92 Å². The molecule has 3 aromatic rings. The van der Waals surface area contributed by atoms with Crippen LogP contribution in [-0.2, 0) is 0 Å². The Kier molecular flexibility index (Phi) is 7.49. The van der Waals surface area contributed by atoms with Crippen molar-refractivity contribution in [3.05, 3.63) is 69.4 Å². The summed E-state index contributed by atoms with van der Waals surface area (Å²) in [6.45, 7) is 4.26. The van der Waals surface area contributed by atoms with E-state index in [1.807, 2.05) is 12.1 Å². The van der Waals surface area contributed by atoms with Crippen molar-refractivity contribution in [2.45, 2.75) is 19.8 Å². The van der Waals surface area contributed by atoms with Crippen LogP contribution in [0.25, 0.3) is 11.3 Å². The van der Waals surface area contributed by atoms with Crippen molar-refractivity contribution >= 4 is 69.4 Å². The fourth-order valence-corrected chi connectivity index (χ4v) is 4.60. The molecule has 2 aromatic carbocycles. The van der Waals surface area contributed by atoms with E-state index in [0.29, 0.717) is 32.1 Å². The molecular weight excluding hydrogens is 501 g/mol. The average Bonchev–Trinajstić information content (AvgIpc) is 3.26. The molecule has 1 fully saturated rings. The summed E-state index contributed by atoms with van der Waals surface area (Å²) in [5.41, 5.74) is 2.29. The van der Waals surface area contributed by atoms with Crippen molar-refractivity contribution in [1.82, 2.24) is 5.32 Å². The van der Waals surface area contributed by atoms with Crippen molar-refractivity contribution in [1.29, 1.82) is 0 Å². The summed E-state index contributed by atoms with van der Waals surface area (Å²) in [4.78, 5) is 14.9. The van der Waals surface area contributed by atoms with E-state index in [2.05, 4.69) is 22.5 Å². The highest BCUT2D eigenvalue weighted by Crippen LogP contribution is 2.33. The van der Waals surface area contributed by atoms with Crippen LogP contribution in [0.5, 0.6) is 0 Å². The van der Waals surface area contributed by atoms with Gasteiger partial charge >= 0.3 is 0 Å². The van der Waals surface area contributed by atoms with Crippen molar-refractivity contribution in [3.8, 4) is 11.3 Å². The number of carbonyl (C=O) groups excluding carboxylic acids is 1. The lowest BCUT2D eigenvalue weighted by Gasteiger charge is -2.32. The van der Waals surface area contributed by atoms with Crippen LogP contribution in [-0.4, -0.2) is 24.1 Å². The summed E-state index contributed by atoms with van der Waals surface area (Å²) in [7, 11) is 0. The Morgan fingerprint density at radius 3 is 2.52 bits per heavy atom. The molecule has 0 aliphatic carbocycles. The molecule has 1 saturated heterocycles. The van der Waals surface area contributed by atoms with E-state index in [0.717, 1.165) is 37.5 Å². The van der Waals surface area contributed by atoms with Crippen LogP contribution in [0.4, 0.5) is 11.4 Å². The molecule has 0 unspecified atom stereocenters. The van der Waals surface area contributed by atoms with Crippen LogP contribution in [0.15, 0.2) is 52.9 Å². The van der Waals surface area contributed by atoms with Gasteiger partial charge in [0.1, 0.15) is 5.76 Å². The molecule has 5 nitrogen and oxygen atoms in total. The largest absolute Gasteiger partial charge is 0.451 e. The van der Waals surface area contributed by atoms with Gasteiger partial charge in [0.2, 0.25) is 0 Å². The topological polar surface area (TPSA) is 57.5 Å². The Balaban J connectivity index is 1.38. The van der Waals surface area contributed by atoms with Crippen LogP contribution < -0.4 is 15.5 Å². The molecule has 1 aromatic heterocycles. The molecule has 0 atom stereocenters. The van der Waals surface area contributed by atoms with Crippen molar-refractivity contribution in [3.63, 3.8) is 0 Å². The third kappa shape index (κ3) is 5.82. The second-order valence-electron chi connectivity index (χ2n) is 8.03. The van der Waals surface area contributed by atoms with Crippen molar-refractivity contribution in [2.24, 2.45) is 5.92 Å². The Bertz CT molecular complexity index is 1190.